The predicted octanol–water partition coefficient (Wildman–Crippen LogP) is 5.71. The first-order valence-corrected chi connectivity index (χ1v) is 10.3. The van der Waals surface area contributed by atoms with Gasteiger partial charge in [-0.2, -0.15) is 0 Å². The van der Waals surface area contributed by atoms with Crippen molar-refractivity contribution in [1.29, 1.82) is 0 Å². The SMILES string of the molecule is CCCOc1cccc(C(=O)Nc2c(C(=O)c3ccc(OC)cc3)oc3ccccc23)c1. The lowest BCUT2D eigenvalue weighted by Gasteiger charge is -2.09. The number of fused-ring (bicyclic) bond motifs is 1. The van der Waals surface area contributed by atoms with Crippen LogP contribution in [0, 0.1) is 0 Å². The monoisotopic (exact) mass is 429 g/mol. The van der Waals surface area contributed by atoms with Gasteiger partial charge in [-0.05, 0) is 61.0 Å². The van der Waals surface area contributed by atoms with Gasteiger partial charge in [0.2, 0.25) is 5.78 Å². The minimum atomic E-state index is -0.359. The van der Waals surface area contributed by atoms with E-state index >= 15 is 0 Å². The summed E-state index contributed by atoms with van der Waals surface area (Å²) in [5, 5.41) is 3.52. The van der Waals surface area contributed by atoms with Gasteiger partial charge in [-0.15, -0.1) is 0 Å². The van der Waals surface area contributed by atoms with E-state index in [1.54, 1.807) is 67.8 Å². The molecule has 1 heterocycles. The molecule has 6 nitrogen and oxygen atoms in total. The number of benzene rings is 3. The number of anilines is 1. The Morgan fingerprint density at radius 2 is 1.69 bits per heavy atom. The van der Waals surface area contributed by atoms with Crippen molar-refractivity contribution in [2.75, 3.05) is 19.0 Å². The summed E-state index contributed by atoms with van der Waals surface area (Å²) in [6.07, 6.45) is 0.869. The Kier molecular flexibility index (Phi) is 6.22. The van der Waals surface area contributed by atoms with E-state index in [0.29, 0.717) is 45.9 Å². The molecule has 32 heavy (non-hydrogen) atoms. The molecule has 4 aromatic rings. The molecular formula is C26H23NO5. The molecule has 3 aromatic carbocycles. The van der Waals surface area contributed by atoms with Gasteiger partial charge in [0.25, 0.3) is 5.91 Å². The minimum absolute atomic E-state index is 0.0723. The molecule has 6 heteroatoms. The van der Waals surface area contributed by atoms with Gasteiger partial charge in [0.05, 0.1) is 19.4 Å². The number of carbonyl (C=O) groups excluding carboxylic acids is 2. The Balaban J connectivity index is 1.69. The van der Waals surface area contributed by atoms with Gasteiger partial charge >= 0.3 is 0 Å². The molecule has 1 N–H and O–H groups in total. The maximum absolute atomic E-state index is 13.2. The van der Waals surface area contributed by atoms with Gasteiger partial charge in [-0.1, -0.05) is 25.1 Å². The molecule has 0 aliphatic carbocycles. The van der Waals surface area contributed by atoms with E-state index in [0.717, 1.165) is 6.42 Å². The lowest BCUT2D eigenvalue weighted by molar-refractivity contribution is 0.101. The first-order valence-electron chi connectivity index (χ1n) is 10.3. The summed E-state index contributed by atoms with van der Waals surface area (Å²) in [5.74, 6) is 0.639. The first-order chi connectivity index (χ1) is 15.6. The Hall–Kier alpha value is -4.06. The number of rotatable bonds is 8. The van der Waals surface area contributed by atoms with E-state index in [1.165, 1.54) is 0 Å². The van der Waals surface area contributed by atoms with E-state index in [1.807, 2.05) is 19.1 Å². The van der Waals surface area contributed by atoms with Gasteiger partial charge in [-0.3, -0.25) is 9.59 Å². The molecule has 1 aromatic heterocycles. The van der Waals surface area contributed by atoms with Crippen molar-refractivity contribution in [2.45, 2.75) is 13.3 Å². The number of nitrogens with one attached hydrogen (secondary N) is 1. The average Bonchev–Trinajstić information content (AvgIpc) is 3.20. The van der Waals surface area contributed by atoms with E-state index < -0.39 is 0 Å². The topological polar surface area (TPSA) is 77.8 Å². The van der Waals surface area contributed by atoms with Crippen molar-refractivity contribution in [2.24, 2.45) is 0 Å². The molecule has 162 valence electrons. The van der Waals surface area contributed by atoms with Crippen molar-refractivity contribution in [3.63, 3.8) is 0 Å². The maximum atomic E-state index is 13.2. The van der Waals surface area contributed by atoms with Crippen molar-refractivity contribution in [3.05, 3.63) is 89.7 Å². The quantitative estimate of drug-likeness (QED) is 0.363. The van der Waals surface area contributed by atoms with Crippen LogP contribution >= 0.6 is 0 Å². The van der Waals surface area contributed by atoms with Crippen LogP contribution in [-0.4, -0.2) is 25.4 Å². The fourth-order valence-electron chi connectivity index (χ4n) is 3.34. The first kappa shape index (κ1) is 21.2. The molecule has 0 radical (unpaired) electrons. The molecule has 0 fully saturated rings. The summed E-state index contributed by atoms with van der Waals surface area (Å²) >= 11 is 0. The van der Waals surface area contributed by atoms with Gasteiger partial charge in [-0.25, -0.2) is 0 Å². The summed E-state index contributed by atoms with van der Waals surface area (Å²) in [7, 11) is 1.56. The number of methoxy groups -OCH3 is 1. The van der Waals surface area contributed by atoms with E-state index in [9.17, 15) is 9.59 Å². The van der Waals surface area contributed by atoms with Crippen molar-refractivity contribution in [1.82, 2.24) is 0 Å². The average molecular weight is 429 g/mol. The Morgan fingerprint density at radius 3 is 2.44 bits per heavy atom. The zero-order valence-electron chi connectivity index (χ0n) is 17.9. The molecular weight excluding hydrogens is 406 g/mol. The standard InChI is InChI=1S/C26H23NO5/c1-3-15-31-20-8-6-7-18(16-20)26(29)27-23-21-9-4-5-10-22(21)32-25(23)24(28)17-11-13-19(30-2)14-12-17/h4-14,16H,3,15H2,1-2H3,(H,27,29). The second kappa shape index (κ2) is 9.39. The van der Waals surface area contributed by atoms with Crippen LogP contribution in [0.15, 0.2) is 77.2 Å². The smallest absolute Gasteiger partial charge is 0.255 e. The molecule has 0 aliphatic rings. The summed E-state index contributed by atoms with van der Waals surface area (Å²) in [5.41, 5.74) is 1.70. The number of hydrogen-bond acceptors (Lipinski definition) is 5. The highest BCUT2D eigenvalue weighted by molar-refractivity contribution is 6.18. The van der Waals surface area contributed by atoms with Crippen molar-refractivity contribution in [3.8, 4) is 11.5 Å². The number of hydrogen-bond donors (Lipinski definition) is 1. The van der Waals surface area contributed by atoms with Crippen molar-refractivity contribution >= 4 is 28.3 Å². The highest BCUT2D eigenvalue weighted by atomic mass is 16.5. The molecule has 0 atom stereocenters. The molecule has 0 unspecified atom stereocenters. The van der Waals surface area contributed by atoms with E-state index in [2.05, 4.69) is 5.32 Å². The highest BCUT2D eigenvalue weighted by Gasteiger charge is 2.24. The zero-order chi connectivity index (χ0) is 22.5. The third-order valence-corrected chi connectivity index (χ3v) is 4.96. The fourth-order valence-corrected chi connectivity index (χ4v) is 3.34. The molecule has 0 aliphatic heterocycles. The molecule has 4 rings (SSSR count). The maximum Gasteiger partial charge on any atom is 0.255 e. The second-order valence-corrected chi connectivity index (χ2v) is 7.19. The Labute approximate surface area is 185 Å². The lowest BCUT2D eigenvalue weighted by atomic mass is 10.1. The predicted molar refractivity (Wildman–Crippen MR) is 123 cm³/mol. The van der Waals surface area contributed by atoms with E-state index in [4.69, 9.17) is 13.9 Å². The summed E-state index contributed by atoms with van der Waals surface area (Å²) in [6.45, 7) is 2.58. The van der Waals surface area contributed by atoms with E-state index in [-0.39, 0.29) is 17.5 Å². The molecule has 0 saturated carbocycles. The number of amides is 1. The summed E-state index contributed by atoms with van der Waals surface area (Å²) < 4.78 is 16.7. The zero-order valence-corrected chi connectivity index (χ0v) is 17.9. The van der Waals surface area contributed by atoms with Crippen LogP contribution in [-0.2, 0) is 0 Å². The third kappa shape index (κ3) is 4.34. The number of para-hydroxylation sites is 1. The minimum Gasteiger partial charge on any atom is -0.497 e. The molecule has 0 saturated heterocycles. The Bertz CT molecular complexity index is 1260. The van der Waals surface area contributed by atoms with Gasteiger partial charge < -0.3 is 19.2 Å². The van der Waals surface area contributed by atoms with Gasteiger partial charge in [0.15, 0.2) is 5.76 Å². The number of furan rings is 1. The number of ketones is 1. The largest absolute Gasteiger partial charge is 0.497 e. The fraction of sp³-hybridized carbons (Fsp3) is 0.154. The van der Waals surface area contributed by atoms with Crippen LogP contribution in [0.4, 0.5) is 5.69 Å². The lowest BCUT2D eigenvalue weighted by Crippen LogP contribution is -2.14. The second-order valence-electron chi connectivity index (χ2n) is 7.19. The van der Waals surface area contributed by atoms with Crippen LogP contribution in [0.3, 0.4) is 0 Å². The van der Waals surface area contributed by atoms with Gasteiger partial charge in [0.1, 0.15) is 17.1 Å². The molecule has 0 bridgehead atoms. The molecule has 0 spiro atoms. The molecule has 1 amide bonds. The van der Waals surface area contributed by atoms with Crippen LogP contribution in [0.25, 0.3) is 11.0 Å². The van der Waals surface area contributed by atoms with Crippen LogP contribution in [0.1, 0.15) is 39.8 Å². The highest BCUT2D eigenvalue weighted by Crippen LogP contribution is 2.33. The number of ether oxygens (including phenoxy) is 2. The normalized spacial score (nSPS) is 10.7. The summed E-state index contributed by atoms with van der Waals surface area (Å²) in [6, 6.07) is 20.9. The van der Waals surface area contributed by atoms with Crippen LogP contribution in [0.2, 0.25) is 0 Å². The van der Waals surface area contributed by atoms with Crippen LogP contribution < -0.4 is 14.8 Å². The van der Waals surface area contributed by atoms with Crippen molar-refractivity contribution < 1.29 is 23.5 Å². The summed E-state index contributed by atoms with van der Waals surface area (Å²) in [4.78, 5) is 26.3. The van der Waals surface area contributed by atoms with Gasteiger partial charge in [0, 0.05) is 16.5 Å². The Morgan fingerprint density at radius 1 is 0.906 bits per heavy atom. The third-order valence-electron chi connectivity index (χ3n) is 4.96. The van der Waals surface area contributed by atoms with Crippen LogP contribution in [0.5, 0.6) is 11.5 Å². The number of carbonyl (C=O) groups is 2.